The fourth-order valence-corrected chi connectivity index (χ4v) is 5.26. The highest BCUT2D eigenvalue weighted by Crippen LogP contribution is 2.44. The van der Waals surface area contributed by atoms with E-state index in [4.69, 9.17) is 4.74 Å². The van der Waals surface area contributed by atoms with Crippen molar-refractivity contribution in [2.24, 2.45) is 0 Å². The van der Waals surface area contributed by atoms with Crippen LogP contribution in [0.2, 0.25) is 0 Å². The summed E-state index contributed by atoms with van der Waals surface area (Å²) in [5.74, 6) is 0.144. The van der Waals surface area contributed by atoms with Crippen molar-refractivity contribution in [1.82, 2.24) is 0 Å². The van der Waals surface area contributed by atoms with Crippen LogP contribution in [0.3, 0.4) is 0 Å². The molecule has 1 aliphatic heterocycles. The van der Waals surface area contributed by atoms with E-state index >= 15 is 0 Å². The third kappa shape index (κ3) is 3.26. The molecule has 138 valence electrons. The van der Waals surface area contributed by atoms with Crippen molar-refractivity contribution < 1.29 is 9.53 Å². The second kappa shape index (κ2) is 7.41. The van der Waals surface area contributed by atoms with Crippen LogP contribution in [0.5, 0.6) is 0 Å². The third-order valence-corrected chi connectivity index (χ3v) is 6.93. The lowest BCUT2D eigenvalue weighted by molar-refractivity contribution is -0.121. The van der Waals surface area contributed by atoms with Crippen molar-refractivity contribution in [1.29, 1.82) is 0 Å². The van der Waals surface area contributed by atoms with Gasteiger partial charge in [0.05, 0.1) is 11.5 Å². The topological polar surface area (TPSA) is 41.6 Å². The summed E-state index contributed by atoms with van der Waals surface area (Å²) in [6.45, 7) is 1.95. The number of amides is 1. The van der Waals surface area contributed by atoms with Crippen LogP contribution >= 0.6 is 11.3 Å². The van der Waals surface area contributed by atoms with Crippen molar-refractivity contribution in [3.63, 3.8) is 0 Å². The molecular weight excluding hydrogens is 344 g/mol. The summed E-state index contributed by atoms with van der Waals surface area (Å²) in [7, 11) is 1.78. The van der Waals surface area contributed by atoms with Gasteiger partial charge in [0, 0.05) is 36.5 Å². The van der Waals surface area contributed by atoms with Crippen LogP contribution in [0.1, 0.15) is 37.0 Å². The van der Waals surface area contributed by atoms with E-state index in [0.717, 1.165) is 50.9 Å². The quantitative estimate of drug-likeness (QED) is 0.847. The molecule has 1 saturated heterocycles. The lowest BCUT2D eigenvalue weighted by Crippen LogP contribution is -2.37. The molecule has 5 heteroatoms. The Kier molecular flexibility index (Phi) is 5.00. The molecule has 1 aromatic carbocycles. The molecule has 1 aromatic heterocycles. The summed E-state index contributed by atoms with van der Waals surface area (Å²) < 4.78 is 5.44. The Balaban J connectivity index is 1.46. The predicted molar refractivity (Wildman–Crippen MR) is 107 cm³/mol. The summed E-state index contributed by atoms with van der Waals surface area (Å²) >= 11 is 1.70. The minimum atomic E-state index is -0.340. The van der Waals surface area contributed by atoms with E-state index < -0.39 is 0 Å². The highest BCUT2D eigenvalue weighted by molar-refractivity contribution is 7.10. The van der Waals surface area contributed by atoms with Crippen molar-refractivity contribution in [2.45, 2.75) is 43.6 Å². The molecule has 0 bridgehead atoms. The van der Waals surface area contributed by atoms with E-state index in [1.54, 1.807) is 18.4 Å². The van der Waals surface area contributed by atoms with Gasteiger partial charge in [0.2, 0.25) is 5.91 Å². The summed E-state index contributed by atoms with van der Waals surface area (Å²) in [6.07, 6.45) is 5.54. The second-order valence-electron chi connectivity index (χ2n) is 7.36. The molecule has 2 aliphatic rings. The van der Waals surface area contributed by atoms with Gasteiger partial charge in [0.25, 0.3) is 0 Å². The second-order valence-corrected chi connectivity index (χ2v) is 8.31. The SMILES string of the molecule is CO[C@@H]1CCN(c2ccc(NC(=O)C3(c4cccs4)CCCC3)cc2)C1. The van der Waals surface area contributed by atoms with Crippen LogP contribution in [-0.4, -0.2) is 32.2 Å². The van der Waals surface area contributed by atoms with Gasteiger partial charge < -0.3 is 15.0 Å². The first-order valence-corrected chi connectivity index (χ1v) is 10.3. The first-order chi connectivity index (χ1) is 12.7. The molecule has 0 radical (unpaired) electrons. The lowest BCUT2D eigenvalue weighted by Gasteiger charge is -2.26. The normalized spacial score (nSPS) is 21.9. The van der Waals surface area contributed by atoms with E-state index in [0.29, 0.717) is 6.10 Å². The smallest absolute Gasteiger partial charge is 0.235 e. The van der Waals surface area contributed by atoms with E-state index in [2.05, 4.69) is 33.8 Å². The molecule has 1 atom stereocenters. The molecule has 0 unspecified atom stereocenters. The average Bonchev–Trinajstić information content (AvgIpc) is 3.43. The van der Waals surface area contributed by atoms with Crippen LogP contribution in [0.25, 0.3) is 0 Å². The molecule has 0 spiro atoms. The van der Waals surface area contributed by atoms with Crippen molar-refractivity contribution in [3.05, 3.63) is 46.7 Å². The van der Waals surface area contributed by atoms with E-state index in [1.165, 1.54) is 10.6 Å². The lowest BCUT2D eigenvalue weighted by atomic mass is 9.83. The maximum Gasteiger partial charge on any atom is 0.235 e. The minimum Gasteiger partial charge on any atom is -0.380 e. The summed E-state index contributed by atoms with van der Waals surface area (Å²) in [5.41, 5.74) is 1.73. The molecule has 2 aromatic rings. The fourth-order valence-electron chi connectivity index (χ4n) is 4.28. The Morgan fingerprint density at radius 3 is 2.62 bits per heavy atom. The number of carbonyl (C=O) groups is 1. The zero-order valence-electron chi connectivity index (χ0n) is 15.2. The number of rotatable bonds is 5. The molecule has 4 nitrogen and oxygen atoms in total. The van der Waals surface area contributed by atoms with Crippen LogP contribution in [-0.2, 0) is 14.9 Å². The van der Waals surface area contributed by atoms with Crippen LogP contribution in [0.15, 0.2) is 41.8 Å². The Morgan fingerprint density at radius 2 is 2.00 bits per heavy atom. The average molecular weight is 371 g/mol. The number of thiophene rings is 1. The maximum atomic E-state index is 13.1. The van der Waals surface area contributed by atoms with Gasteiger partial charge in [-0.05, 0) is 55.0 Å². The molecule has 1 aliphatic carbocycles. The standard InChI is InChI=1S/C21H26N2O2S/c1-25-18-10-13-23(15-18)17-8-6-16(7-9-17)22-20(24)21(11-2-3-12-21)19-5-4-14-26-19/h4-9,14,18H,2-3,10-13,15H2,1H3,(H,22,24)/t18-/m1/s1. The molecule has 4 rings (SSSR count). The predicted octanol–water partition coefficient (Wildman–Crippen LogP) is 4.42. The van der Waals surface area contributed by atoms with E-state index in [1.807, 2.05) is 18.2 Å². The zero-order chi connectivity index (χ0) is 18.0. The van der Waals surface area contributed by atoms with E-state index in [9.17, 15) is 4.79 Å². The van der Waals surface area contributed by atoms with Gasteiger partial charge in [0.1, 0.15) is 0 Å². The van der Waals surface area contributed by atoms with Gasteiger partial charge in [-0.1, -0.05) is 18.9 Å². The van der Waals surface area contributed by atoms with Crippen LogP contribution in [0, 0.1) is 0 Å². The first kappa shape index (κ1) is 17.6. The van der Waals surface area contributed by atoms with Gasteiger partial charge in [-0.15, -0.1) is 11.3 Å². The number of carbonyl (C=O) groups excluding carboxylic acids is 1. The number of nitrogens with zero attached hydrogens (tertiary/aromatic N) is 1. The maximum absolute atomic E-state index is 13.1. The number of hydrogen-bond donors (Lipinski definition) is 1. The third-order valence-electron chi connectivity index (χ3n) is 5.85. The van der Waals surface area contributed by atoms with Gasteiger partial charge >= 0.3 is 0 Å². The van der Waals surface area contributed by atoms with Gasteiger partial charge in [-0.2, -0.15) is 0 Å². The number of ether oxygens (including phenoxy) is 1. The van der Waals surface area contributed by atoms with Crippen molar-refractivity contribution in [3.8, 4) is 0 Å². The highest BCUT2D eigenvalue weighted by atomic mass is 32.1. The highest BCUT2D eigenvalue weighted by Gasteiger charge is 2.43. The minimum absolute atomic E-state index is 0.144. The molecule has 2 fully saturated rings. The molecule has 1 saturated carbocycles. The fraction of sp³-hybridized carbons (Fsp3) is 0.476. The molecule has 26 heavy (non-hydrogen) atoms. The van der Waals surface area contributed by atoms with E-state index in [-0.39, 0.29) is 11.3 Å². The number of anilines is 2. The Labute approximate surface area is 159 Å². The Morgan fingerprint density at radius 1 is 1.23 bits per heavy atom. The molecule has 2 heterocycles. The largest absolute Gasteiger partial charge is 0.380 e. The number of methoxy groups -OCH3 is 1. The summed E-state index contributed by atoms with van der Waals surface area (Å²) in [5, 5.41) is 5.25. The summed E-state index contributed by atoms with van der Waals surface area (Å²) in [6, 6.07) is 12.4. The monoisotopic (exact) mass is 370 g/mol. The van der Waals surface area contributed by atoms with Crippen molar-refractivity contribution >= 4 is 28.6 Å². The number of nitrogens with one attached hydrogen (secondary N) is 1. The van der Waals surface area contributed by atoms with Gasteiger partial charge in [-0.25, -0.2) is 0 Å². The zero-order valence-corrected chi connectivity index (χ0v) is 16.1. The Bertz CT molecular complexity index is 736. The first-order valence-electron chi connectivity index (χ1n) is 9.44. The Hall–Kier alpha value is -1.85. The summed E-state index contributed by atoms with van der Waals surface area (Å²) in [4.78, 5) is 16.7. The number of benzene rings is 1. The van der Waals surface area contributed by atoms with Gasteiger partial charge in [-0.3, -0.25) is 4.79 Å². The van der Waals surface area contributed by atoms with Gasteiger partial charge in [0.15, 0.2) is 0 Å². The molecule has 1 N–H and O–H groups in total. The van der Waals surface area contributed by atoms with Crippen LogP contribution in [0.4, 0.5) is 11.4 Å². The van der Waals surface area contributed by atoms with Crippen LogP contribution < -0.4 is 10.2 Å². The number of hydrogen-bond acceptors (Lipinski definition) is 4. The molecular formula is C21H26N2O2S. The van der Waals surface area contributed by atoms with Crippen molar-refractivity contribution in [2.75, 3.05) is 30.4 Å². The molecule has 1 amide bonds.